The number of aliphatic hydroxyl groups is 1. The normalized spacial score (nSPS) is 11.0. The molecule has 0 aromatic heterocycles. The highest BCUT2D eigenvalue weighted by Crippen LogP contribution is 1.95. The van der Waals surface area contributed by atoms with Crippen LogP contribution < -0.4 is 0 Å². The maximum Gasteiger partial charge on any atom is 0.155 e. The summed E-state index contributed by atoms with van der Waals surface area (Å²) in [5.41, 5.74) is 0. The summed E-state index contributed by atoms with van der Waals surface area (Å²) in [5.74, 6) is -0.0770. The molecule has 0 fully saturated rings. The molecule has 0 bridgehead atoms. The number of hydrogen-bond acceptors (Lipinski definition) is 2. The van der Waals surface area contributed by atoms with E-state index in [1.807, 2.05) is 0 Å². The summed E-state index contributed by atoms with van der Waals surface area (Å²) in [6.07, 6.45) is 3.08. The van der Waals surface area contributed by atoms with Gasteiger partial charge in [0.25, 0.3) is 0 Å². The summed E-state index contributed by atoms with van der Waals surface area (Å²) < 4.78 is 0. The molecule has 2 nitrogen and oxygen atoms in total. The third-order valence-corrected chi connectivity index (χ3v) is 0.723. The van der Waals surface area contributed by atoms with Gasteiger partial charge in [0, 0.05) is 12.5 Å². The monoisotopic (exact) mass is 126 g/mol. The number of aliphatic hydroxyl groups excluding tert-OH is 1. The fourth-order valence-corrected chi connectivity index (χ4v) is 0.441. The molecule has 0 aliphatic carbocycles. The highest BCUT2D eigenvalue weighted by molar-refractivity contribution is 5.87. The second-order valence-corrected chi connectivity index (χ2v) is 1.74. The van der Waals surface area contributed by atoms with Crippen molar-refractivity contribution in [1.82, 2.24) is 0 Å². The quantitative estimate of drug-likeness (QED) is 0.354. The van der Waals surface area contributed by atoms with Gasteiger partial charge in [-0.2, -0.15) is 0 Å². The molecule has 1 N–H and O–H groups in total. The van der Waals surface area contributed by atoms with E-state index in [1.54, 1.807) is 0 Å². The molecule has 0 amide bonds. The van der Waals surface area contributed by atoms with E-state index in [4.69, 9.17) is 5.11 Å². The molecule has 0 spiro atoms. The van der Waals surface area contributed by atoms with Gasteiger partial charge >= 0.3 is 0 Å². The van der Waals surface area contributed by atoms with E-state index in [9.17, 15) is 4.79 Å². The van der Waals surface area contributed by atoms with Crippen LogP contribution >= 0.6 is 0 Å². The Bertz CT molecular complexity index is 145. The van der Waals surface area contributed by atoms with E-state index in [0.29, 0.717) is 6.42 Å². The van der Waals surface area contributed by atoms with E-state index in [2.05, 4.69) is 6.58 Å². The van der Waals surface area contributed by atoms with Crippen LogP contribution in [-0.4, -0.2) is 10.9 Å². The first-order chi connectivity index (χ1) is 4.16. The summed E-state index contributed by atoms with van der Waals surface area (Å²) in [7, 11) is 0. The van der Waals surface area contributed by atoms with Gasteiger partial charge in [0.1, 0.15) is 0 Å². The van der Waals surface area contributed by atoms with Gasteiger partial charge in [0.2, 0.25) is 0 Å². The standard InChI is InChI=1S/C7H10O2/c1-3-4-7(9)5-6(2)8/h3,5,9H,1,4H2,2H3/b7-5+. The molecule has 0 rings (SSSR count). The molecule has 0 aliphatic rings. The molecule has 0 atom stereocenters. The van der Waals surface area contributed by atoms with Crippen molar-refractivity contribution in [3.63, 3.8) is 0 Å². The summed E-state index contributed by atoms with van der Waals surface area (Å²) in [6.45, 7) is 4.78. The Kier molecular flexibility index (Phi) is 3.44. The molecule has 0 saturated carbocycles. The van der Waals surface area contributed by atoms with Crippen LogP contribution in [-0.2, 0) is 4.79 Å². The van der Waals surface area contributed by atoms with Crippen molar-refractivity contribution in [3.05, 3.63) is 24.5 Å². The maximum absolute atomic E-state index is 10.3. The van der Waals surface area contributed by atoms with Crippen LogP contribution in [0.4, 0.5) is 0 Å². The van der Waals surface area contributed by atoms with E-state index in [1.165, 1.54) is 19.1 Å². The Morgan fingerprint density at radius 1 is 1.78 bits per heavy atom. The van der Waals surface area contributed by atoms with Gasteiger partial charge in [-0.15, -0.1) is 6.58 Å². The second kappa shape index (κ2) is 3.89. The van der Waals surface area contributed by atoms with Crippen molar-refractivity contribution >= 4 is 5.78 Å². The second-order valence-electron chi connectivity index (χ2n) is 1.74. The fourth-order valence-electron chi connectivity index (χ4n) is 0.441. The highest BCUT2D eigenvalue weighted by atomic mass is 16.3. The number of hydrogen-bond donors (Lipinski definition) is 1. The Hall–Kier alpha value is -1.05. The first-order valence-electron chi connectivity index (χ1n) is 2.68. The molecule has 0 unspecified atom stereocenters. The topological polar surface area (TPSA) is 37.3 Å². The first kappa shape index (κ1) is 7.95. The van der Waals surface area contributed by atoms with Gasteiger partial charge in [-0.1, -0.05) is 6.08 Å². The lowest BCUT2D eigenvalue weighted by Gasteiger charge is -1.89. The number of carbonyl (C=O) groups excluding carboxylic acids is 1. The lowest BCUT2D eigenvalue weighted by atomic mass is 10.3. The Morgan fingerprint density at radius 3 is 2.67 bits per heavy atom. The lowest BCUT2D eigenvalue weighted by molar-refractivity contribution is -0.112. The van der Waals surface area contributed by atoms with Crippen molar-refractivity contribution in [2.75, 3.05) is 0 Å². The van der Waals surface area contributed by atoms with Crippen molar-refractivity contribution in [3.8, 4) is 0 Å². The molecule has 0 heterocycles. The van der Waals surface area contributed by atoms with E-state index < -0.39 is 0 Å². The van der Waals surface area contributed by atoms with Crippen molar-refractivity contribution in [1.29, 1.82) is 0 Å². The predicted octanol–water partition coefficient (Wildman–Crippen LogP) is 1.59. The van der Waals surface area contributed by atoms with Crippen molar-refractivity contribution in [2.24, 2.45) is 0 Å². The van der Waals surface area contributed by atoms with Gasteiger partial charge < -0.3 is 5.11 Å². The Labute approximate surface area is 54.5 Å². The van der Waals surface area contributed by atoms with Crippen LogP contribution in [0.2, 0.25) is 0 Å². The van der Waals surface area contributed by atoms with Crippen molar-refractivity contribution < 1.29 is 9.90 Å². The molecular weight excluding hydrogens is 116 g/mol. The number of rotatable bonds is 3. The van der Waals surface area contributed by atoms with Crippen LogP contribution in [0.3, 0.4) is 0 Å². The smallest absolute Gasteiger partial charge is 0.155 e. The Balaban J connectivity index is 3.83. The van der Waals surface area contributed by atoms with E-state index in [-0.39, 0.29) is 11.5 Å². The van der Waals surface area contributed by atoms with E-state index in [0.717, 1.165) is 0 Å². The van der Waals surface area contributed by atoms with Gasteiger partial charge in [0.15, 0.2) is 5.78 Å². The fraction of sp³-hybridized carbons (Fsp3) is 0.286. The summed E-state index contributed by atoms with van der Waals surface area (Å²) in [4.78, 5) is 10.3. The summed E-state index contributed by atoms with van der Waals surface area (Å²) in [5, 5.41) is 8.79. The SMILES string of the molecule is C=CC/C(O)=C\C(C)=O. The molecule has 50 valence electrons. The summed E-state index contributed by atoms with van der Waals surface area (Å²) >= 11 is 0. The van der Waals surface area contributed by atoms with Gasteiger partial charge in [0.05, 0.1) is 5.76 Å². The summed E-state index contributed by atoms with van der Waals surface area (Å²) in [6, 6.07) is 0. The minimum Gasteiger partial charge on any atom is -0.512 e. The molecule has 0 radical (unpaired) electrons. The zero-order chi connectivity index (χ0) is 7.28. The zero-order valence-electron chi connectivity index (χ0n) is 5.42. The van der Waals surface area contributed by atoms with Crippen molar-refractivity contribution in [2.45, 2.75) is 13.3 Å². The number of ketones is 1. The number of carbonyl (C=O) groups is 1. The van der Waals surface area contributed by atoms with Crippen LogP contribution in [0, 0.1) is 0 Å². The van der Waals surface area contributed by atoms with Crippen LogP contribution in [0.1, 0.15) is 13.3 Å². The van der Waals surface area contributed by atoms with Crippen LogP contribution in [0.5, 0.6) is 0 Å². The zero-order valence-corrected chi connectivity index (χ0v) is 5.42. The predicted molar refractivity (Wildman–Crippen MR) is 36.2 cm³/mol. The van der Waals surface area contributed by atoms with Gasteiger partial charge in [-0.25, -0.2) is 0 Å². The van der Waals surface area contributed by atoms with Crippen LogP contribution in [0.15, 0.2) is 24.5 Å². The largest absolute Gasteiger partial charge is 0.512 e. The minimum atomic E-state index is -0.144. The average molecular weight is 126 g/mol. The molecule has 0 aromatic rings. The molecular formula is C7H10O2. The molecule has 0 aliphatic heterocycles. The van der Waals surface area contributed by atoms with E-state index >= 15 is 0 Å². The minimum absolute atomic E-state index is 0.0671. The lowest BCUT2D eigenvalue weighted by Crippen LogP contribution is -1.86. The third-order valence-electron chi connectivity index (χ3n) is 0.723. The van der Waals surface area contributed by atoms with Gasteiger partial charge in [-0.05, 0) is 6.92 Å². The first-order valence-corrected chi connectivity index (χ1v) is 2.68. The molecule has 9 heavy (non-hydrogen) atoms. The molecule has 0 aromatic carbocycles. The average Bonchev–Trinajstić information content (AvgIpc) is 1.63. The Morgan fingerprint density at radius 2 is 2.33 bits per heavy atom. The molecule has 0 saturated heterocycles. The van der Waals surface area contributed by atoms with Crippen LogP contribution in [0.25, 0.3) is 0 Å². The molecule has 2 heteroatoms. The van der Waals surface area contributed by atoms with Gasteiger partial charge in [-0.3, -0.25) is 4.79 Å². The third kappa shape index (κ3) is 4.81. The number of allylic oxidation sites excluding steroid dienone is 2. The highest BCUT2D eigenvalue weighted by Gasteiger charge is 1.89. The maximum atomic E-state index is 10.3.